The number of nitrogens with zero attached hydrogens (tertiary/aromatic N) is 5. The molecule has 1 aliphatic heterocycles. The molecule has 0 bridgehead atoms. The molecule has 11 nitrogen and oxygen atoms in total. The summed E-state index contributed by atoms with van der Waals surface area (Å²) >= 11 is 0. The number of allylic oxidation sites excluding steroid dienone is 2. The molecule has 0 unspecified atom stereocenters. The highest BCUT2D eigenvalue weighted by atomic mass is 16.6. The molecule has 1 N–H and O–H groups in total. The van der Waals surface area contributed by atoms with E-state index in [2.05, 4.69) is 20.8 Å². The zero-order chi connectivity index (χ0) is 24.0. The molecule has 2 aromatic carbocycles. The SMILES string of the molecule is COc1ccc(Oc2ccc([C@H]3C4=C(CC(C)(C)CC4=O)Nc4nnnn43)cc2[N+](=O)[O-])cc1. The summed E-state index contributed by atoms with van der Waals surface area (Å²) in [6.07, 6.45) is 1.00. The van der Waals surface area contributed by atoms with Crippen molar-refractivity contribution in [3.05, 3.63) is 69.4 Å². The van der Waals surface area contributed by atoms with Gasteiger partial charge in [-0.2, -0.15) is 4.68 Å². The molecule has 34 heavy (non-hydrogen) atoms. The summed E-state index contributed by atoms with van der Waals surface area (Å²) in [6, 6.07) is 10.7. The first-order chi connectivity index (χ1) is 16.3. The number of Topliss-reactive ketones (excluding diaryl/α,β-unsaturated/α-hetero) is 1. The predicted octanol–water partition coefficient (Wildman–Crippen LogP) is 4.04. The smallest absolute Gasteiger partial charge is 0.311 e. The summed E-state index contributed by atoms with van der Waals surface area (Å²) in [5, 5.41) is 26.9. The van der Waals surface area contributed by atoms with Gasteiger partial charge in [-0.15, -0.1) is 0 Å². The summed E-state index contributed by atoms with van der Waals surface area (Å²) in [4.78, 5) is 24.6. The van der Waals surface area contributed by atoms with Gasteiger partial charge in [-0.3, -0.25) is 14.9 Å². The Balaban J connectivity index is 1.57. The largest absolute Gasteiger partial charge is 0.497 e. The van der Waals surface area contributed by atoms with Gasteiger partial charge in [-0.05, 0) is 58.2 Å². The van der Waals surface area contributed by atoms with Crippen molar-refractivity contribution in [2.75, 3.05) is 12.4 Å². The van der Waals surface area contributed by atoms with Gasteiger partial charge < -0.3 is 14.8 Å². The highest BCUT2D eigenvalue weighted by Gasteiger charge is 2.42. The highest BCUT2D eigenvalue weighted by Crippen LogP contribution is 2.46. The van der Waals surface area contributed by atoms with Crippen LogP contribution in [0.25, 0.3) is 0 Å². The topological polar surface area (TPSA) is 134 Å². The minimum Gasteiger partial charge on any atom is -0.497 e. The van der Waals surface area contributed by atoms with Gasteiger partial charge in [0.05, 0.1) is 12.0 Å². The number of aromatic nitrogens is 4. The zero-order valence-corrected chi connectivity index (χ0v) is 18.8. The van der Waals surface area contributed by atoms with Crippen molar-refractivity contribution in [1.82, 2.24) is 20.2 Å². The number of ketones is 1. The zero-order valence-electron chi connectivity index (χ0n) is 18.8. The van der Waals surface area contributed by atoms with Crippen molar-refractivity contribution in [3.63, 3.8) is 0 Å². The molecule has 0 saturated heterocycles. The number of hydrogen-bond donors (Lipinski definition) is 1. The second-order valence-corrected chi connectivity index (χ2v) is 9.07. The summed E-state index contributed by atoms with van der Waals surface area (Å²) in [5.74, 6) is 1.50. The number of benzene rings is 2. The van der Waals surface area contributed by atoms with Crippen LogP contribution in [-0.2, 0) is 4.79 Å². The minimum atomic E-state index is -0.682. The molecule has 0 spiro atoms. The van der Waals surface area contributed by atoms with Gasteiger partial charge >= 0.3 is 5.69 Å². The number of hydrogen-bond acceptors (Lipinski definition) is 9. The van der Waals surface area contributed by atoms with Crippen LogP contribution in [0.4, 0.5) is 11.6 Å². The Morgan fingerprint density at radius 3 is 2.59 bits per heavy atom. The third-order valence-corrected chi connectivity index (χ3v) is 5.98. The minimum absolute atomic E-state index is 0.0360. The van der Waals surface area contributed by atoms with E-state index in [1.807, 2.05) is 13.8 Å². The molecule has 0 fully saturated rings. The van der Waals surface area contributed by atoms with Crippen molar-refractivity contribution in [1.29, 1.82) is 0 Å². The van der Waals surface area contributed by atoms with Crippen LogP contribution in [0.3, 0.4) is 0 Å². The Labute approximate surface area is 194 Å². The van der Waals surface area contributed by atoms with E-state index in [0.717, 1.165) is 5.70 Å². The van der Waals surface area contributed by atoms with E-state index in [1.54, 1.807) is 37.4 Å². The Hall–Kier alpha value is -4.28. The van der Waals surface area contributed by atoms with E-state index in [1.165, 1.54) is 16.8 Å². The van der Waals surface area contributed by atoms with Crippen LogP contribution in [0.15, 0.2) is 53.7 Å². The molecular formula is C23H22N6O5. The molecule has 1 aromatic heterocycles. The van der Waals surface area contributed by atoms with E-state index in [4.69, 9.17) is 9.47 Å². The quantitative estimate of drug-likeness (QED) is 0.440. The second kappa shape index (κ2) is 7.94. The van der Waals surface area contributed by atoms with Crippen LogP contribution in [-0.4, -0.2) is 38.0 Å². The fourth-order valence-corrected chi connectivity index (χ4v) is 4.48. The lowest BCUT2D eigenvalue weighted by Gasteiger charge is -2.37. The number of anilines is 1. The molecule has 0 radical (unpaired) electrons. The van der Waals surface area contributed by atoms with E-state index in [-0.39, 0.29) is 22.6 Å². The molecule has 0 saturated carbocycles. The van der Waals surface area contributed by atoms with Crippen LogP contribution >= 0.6 is 0 Å². The number of carbonyl (C=O) groups is 1. The van der Waals surface area contributed by atoms with Crippen LogP contribution in [0.1, 0.15) is 38.3 Å². The van der Waals surface area contributed by atoms with Crippen molar-refractivity contribution in [3.8, 4) is 17.2 Å². The molecular weight excluding hydrogens is 440 g/mol. The Bertz CT molecular complexity index is 1330. The van der Waals surface area contributed by atoms with Crippen LogP contribution < -0.4 is 14.8 Å². The first-order valence-corrected chi connectivity index (χ1v) is 10.7. The molecule has 5 rings (SSSR count). The standard InChI is InChI=1S/C23H22N6O5/c1-23(2)11-16-20(18(30)12-23)21(28-22(24-16)25-26-27-28)13-4-9-19(17(10-13)29(31)32)34-15-7-5-14(33-3)6-8-15/h4-10,21H,11-12H2,1-3H3,(H,24,25,27)/t21-/m0/s1. The first-order valence-electron chi connectivity index (χ1n) is 10.7. The Morgan fingerprint density at radius 2 is 1.88 bits per heavy atom. The lowest BCUT2D eigenvalue weighted by Crippen LogP contribution is -2.36. The molecule has 1 aliphatic carbocycles. The van der Waals surface area contributed by atoms with Crippen molar-refractivity contribution in [2.45, 2.75) is 32.7 Å². The number of methoxy groups -OCH3 is 1. The van der Waals surface area contributed by atoms with Crippen molar-refractivity contribution in [2.24, 2.45) is 5.41 Å². The van der Waals surface area contributed by atoms with Gasteiger partial charge in [0, 0.05) is 23.8 Å². The number of nitro groups is 1. The maximum absolute atomic E-state index is 13.2. The van der Waals surface area contributed by atoms with Crippen LogP contribution in [0.5, 0.6) is 17.2 Å². The van der Waals surface area contributed by atoms with Crippen molar-refractivity contribution >= 4 is 17.4 Å². The van der Waals surface area contributed by atoms with Crippen molar-refractivity contribution < 1.29 is 19.2 Å². The molecule has 2 aliphatic rings. The number of nitro benzene ring substituents is 1. The van der Waals surface area contributed by atoms with E-state index in [0.29, 0.717) is 41.4 Å². The Kier molecular flexibility index (Phi) is 5.03. The third-order valence-electron chi connectivity index (χ3n) is 5.98. The number of carbonyl (C=O) groups excluding carboxylic acids is 1. The average molecular weight is 462 g/mol. The van der Waals surface area contributed by atoms with E-state index in [9.17, 15) is 14.9 Å². The summed E-state index contributed by atoms with van der Waals surface area (Å²) < 4.78 is 12.4. The summed E-state index contributed by atoms with van der Waals surface area (Å²) in [7, 11) is 1.55. The van der Waals surface area contributed by atoms with Gasteiger partial charge in [0.15, 0.2) is 5.78 Å². The van der Waals surface area contributed by atoms with Gasteiger partial charge in [-0.25, -0.2) is 0 Å². The lowest BCUT2D eigenvalue weighted by atomic mass is 9.73. The molecule has 11 heteroatoms. The predicted molar refractivity (Wildman–Crippen MR) is 121 cm³/mol. The third kappa shape index (κ3) is 3.74. The van der Waals surface area contributed by atoms with Gasteiger partial charge in [0.2, 0.25) is 11.7 Å². The number of ether oxygens (including phenoxy) is 2. The fourth-order valence-electron chi connectivity index (χ4n) is 4.48. The average Bonchev–Trinajstić information content (AvgIpc) is 3.25. The number of nitrogens with one attached hydrogen (secondary N) is 1. The molecule has 3 aromatic rings. The molecule has 174 valence electrons. The number of tetrazole rings is 1. The number of fused-ring (bicyclic) bond motifs is 1. The van der Waals surface area contributed by atoms with Crippen LogP contribution in [0.2, 0.25) is 0 Å². The monoisotopic (exact) mass is 462 g/mol. The molecule has 2 heterocycles. The van der Waals surface area contributed by atoms with Crippen LogP contribution in [0, 0.1) is 15.5 Å². The highest BCUT2D eigenvalue weighted by molar-refractivity contribution is 6.00. The first kappa shape index (κ1) is 21.6. The Morgan fingerprint density at radius 1 is 1.15 bits per heavy atom. The normalized spacial score (nSPS) is 18.6. The van der Waals surface area contributed by atoms with E-state index < -0.39 is 11.0 Å². The molecule has 0 amide bonds. The number of rotatable bonds is 5. The maximum Gasteiger partial charge on any atom is 0.311 e. The van der Waals surface area contributed by atoms with Gasteiger partial charge in [0.1, 0.15) is 17.5 Å². The van der Waals surface area contributed by atoms with Gasteiger partial charge in [-0.1, -0.05) is 25.0 Å². The fraction of sp³-hybridized carbons (Fsp3) is 0.304. The summed E-state index contributed by atoms with van der Waals surface area (Å²) in [6.45, 7) is 4.05. The molecule has 1 atom stereocenters. The second-order valence-electron chi connectivity index (χ2n) is 9.07. The van der Waals surface area contributed by atoms with E-state index >= 15 is 0 Å². The summed E-state index contributed by atoms with van der Waals surface area (Å²) in [5.41, 5.74) is 1.34. The van der Waals surface area contributed by atoms with Gasteiger partial charge in [0.25, 0.3) is 0 Å². The maximum atomic E-state index is 13.2. The lowest BCUT2D eigenvalue weighted by molar-refractivity contribution is -0.385.